The Labute approximate surface area is 177 Å². The number of amides is 2. The standard InChI is InChI=1S/C20H20F3N5O.ClH/c21-20(22,23)13-25-19(29)26-15-5-3-4-14(10-15)17-12-24-18-11-16(6-9-28(17)18)27-7-1-2-8-27;/h3-6,9-12H,1-2,7-8,13H2,(H2,25,26,29);1H. The van der Waals surface area contributed by atoms with E-state index in [1.54, 1.807) is 29.7 Å². The lowest BCUT2D eigenvalue weighted by atomic mass is 10.1. The van der Waals surface area contributed by atoms with E-state index in [1.165, 1.54) is 12.8 Å². The van der Waals surface area contributed by atoms with E-state index < -0.39 is 18.8 Å². The van der Waals surface area contributed by atoms with E-state index in [0.717, 1.165) is 35.7 Å². The lowest BCUT2D eigenvalue weighted by Gasteiger charge is -2.17. The summed E-state index contributed by atoms with van der Waals surface area (Å²) in [5, 5.41) is 4.22. The van der Waals surface area contributed by atoms with Crippen molar-refractivity contribution in [1.29, 1.82) is 0 Å². The number of urea groups is 1. The zero-order chi connectivity index (χ0) is 20.4. The molecule has 6 nitrogen and oxygen atoms in total. The van der Waals surface area contributed by atoms with Gasteiger partial charge in [-0.15, -0.1) is 12.4 Å². The van der Waals surface area contributed by atoms with Crippen LogP contribution < -0.4 is 15.5 Å². The molecule has 2 amide bonds. The molecule has 0 unspecified atom stereocenters. The fraction of sp³-hybridized carbons (Fsp3) is 0.300. The first-order valence-electron chi connectivity index (χ1n) is 9.33. The van der Waals surface area contributed by atoms with Gasteiger partial charge in [-0.2, -0.15) is 13.2 Å². The van der Waals surface area contributed by atoms with Crippen LogP contribution in [0.2, 0.25) is 0 Å². The third-order valence-electron chi connectivity index (χ3n) is 4.83. The molecule has 30 heavy (non-hydrogen) atoms. The van der Waals surface area contributed by atoms with Crippen molar-refractivity contribution in [3.63, 3.8) is 0 Å². The number of hydrogen-bond acceptors (Lipinski definition) is 3. The van der Waals surface area contributed by atoms with Gasteiger partial charge in [0.25, 0.3) is 0 Å². The molecule has 0 bridgehead atoms. The second-order valence-electron chi connectivity index (χ2n) is 6.95. The van der Waals surface area contributed by atoms with Gasteiger partial charge in [0, 0.05) is 42.3 Å². The number of carbonyl (C=O) groups is 1. The third kappa shape index (κ3) is 4.96. The number of hydrogen-bond donors (Lipinski definition) is 2. The molecule has 0 radical (unpaired) electrons. The highest BCUT2D eigenvalue weighted by Crippen LogP contribution is 2.27. The summed E-state index contributed by atoms with van der Waals surface area (Å²) in [4.78, 5) is 18.5. The molecule has 1 aliphatic rings. The van der Waals surface area contributed by atoms with Crippen molar-refractivity contribution in [1.82, 2.24) is 14.7 Å². The van der Waals surface area contributed by atoms with Crippen molar-refractivity contribution < 1.29 is 18.0 Å². The van der Waals surface area contributed by atoms with Crippen LogP contribution in [0.25, 0.3) is 16.9 Å². The van der Waals surface area contributed by atoms with Crippen LogP contribution in [0, 0.1) is 0 Å². The quantitative estimate of drug-likeness (QED) is 0.619. The molecule has 2 aromatic heterocycles. The van der Waals surface area contributed by atoms with E-state index in [1.807, 2.05) is 22.7 Å². The van der Waals surface area contributed by atoms with Gasteiger partial charge < -0.3 is 15.5 Å². The Balaban J connectivity index is 0.00000256. The van der Waals surface area contributed by atoms with Gasteiger partial charge >= 0.3 is 12.2 Å². The van der Waals surface area contributed by atoms with Crippen molar-refractivity contribution in [2.45, 2.75) is 19.0 Å². The van der Waals surface area contributed by atoms with E-state index in [9.17, 15) is 18.0 Å². The number of aromatic nitrogens is 2. The molecule has 0 saturated carbocycles. The maximum atomic E-state index is 12.2. The number of rotatable bonds is 4. The number of alkyl halides is 3. The number of benzene rings is 1. The first kappa shape index (κ1) is 21.8. The van der Waals surface area contributed by atoms with Crippen molar-refractivity contribution in [3.05, 3.63) is 48.8 Å². The van der Waals surface area contributed by atoms with Crippen LogP contribution in [0.15, 0.2) is 48.8 Å². The largest absolute Gasteiger partial charge is 0.405 e. The van der Waals surface area contributed by atoms with E-state index in [4.69, 9.17) is 0 Å². The number of imidazole rings is 1. The SMILES string of the molecule is Cl.O=C(NCC(F)(F)F)Nc1cccc(-c2cnc3cc(N4CCCC4)ccn23)c1. The van der Waals surface area contributed by atoms with E-state index in [2.05, 4.69) is 21.3 Å². The predicted molar refractivity (Wildman–Crippen MR) is 112 cm³/mol. The zero-order valence-corrected chi connectivity index (χ0v) is 16.8. The van der Waals surface area contributed by atoms with Crippen molar-refractivity contribution in [2.75, 3.05) is 29.9 Å². The van der Waals surface area contributed by atoms with Gasteiger partial charge in [-0.3, -0.25) is 4.40 Å². The van der Waals surface area contributed by atoms with Crippen LogP contribution in [0.5, 0.6) is 0 Å². The molecule has 10 heteroatoms. The first-order chi connectivity index (χ1) is 13.9. The molecular formula is C20H21ClF3N5O. The second-order valence-corrected chi connectivity index (χ2v) is 6.95. The number of halogens is 4. The molecule has 160 valence electrons. The Morgan fingerprint density at radius 2 is 1.90 bits per heavy atom. The van der Waals surface area contributed by atoms with Gasteiger partial charge in [0.05, 0.1) is 11.9 Å². The van der Waals surface area contributed by atoms with E-state index in [-0.39, 0.29) is 12.4 Å². The van der Waals surface area contributed by atoms with Gasteiger partial charge in [-0.05, 0) is 31.0 Å². The molecule has 0 atom stereocenters. The summed E-state index contributed by atoms with van der Waals surface area (Å²) in [6.07, 6.45) is 1.64. The summed E-state index contributed by atoms with van der Waals surface area (Å²) >= 11 is 0. The molecule has 1 aromatic carbocycles. The molecular weight excluding hydrogens is 419 g/mol. The van der Waals surface area contributed by atoms with Crippen LogP contribution in [-0.2, 0) is 0 Å². The predicted octanol–water partition coefficient (Wildman–Crippen LogP) is 4.71. The maximum Gasteiger partial charge on any atom is 0.405 e. The second kappa shape index (κ2) is 8.83. The average Bonchev–Trinajstić information content (AvgIpc) is 3.35. The molecule has 4 rings (SSSR count). The summed E-state index contributed by atoms with van der Waals surface area (Å²) < 4.78 is 38.6. The number of nitrogens with zero attached hydrogens (tertiary/aromatic N) is 3. The summed E-state index contributed by atoms with van der Waals surface area (Å²) in [6, 6.07) is 10.1. The molecule has 0 spiro atoms. The Morgan fingerprint density at radius 1 is 1.13 bits per heavy atom. The Morgan fingerprint density at radius 3 is 2.63 bits per heavy atom. The van der Waals surface area contributed by atoms with E-state index >= 15 is 0 Å². The van der Waals surface area contributed by atoms with Crippen molar-refractivity contribution in [3.8, 4) is 11.3 Å². The molecule has 1 saturated heterocycles. The highest BCUT2D eigenvalue weighted by molar-refractivity contribution is 5.90. The van der Waals surface area contributed by atoms with Crippen LogP contribution >= 0.6 is 12.4 Å². The summed E-state index contributed by atoms with van der Waals surface area (Å²) in [5.41, 5.74) is 3.97. The highest BCUT2D eigenvalue weighted by Gasteiger charge is 2.27. The lowest BCUT2D eigenvalue weighted by Crippen LogP contribution is -2.36. The number of carbonyl (C=O) groups excluding carboxylic acids is 1. The van der Waals surface area contributed by atoms with Crippen LogP contribution in [0.4, 0.5) is 29.3 Å². The number of pyridine rings is 1. The van der Waals surface area contributed by atoms with Gasteiger partial charge in [0.1, 0.15) is 12.2 Å². The van der Waals surface area contributed by atoms with Gasteiger partial charge in [0.2, 0.25) is 0 Å². The third-order valence-corrected chi connectivity index (χ3v) is 4.83. The highest BCUT2D eigenvalue weighted by atomic mass is 35.5. The Kier molecular flexibility index (Phi) is 6.40. The van der Waals surface area contributed by atoms with Gasteiger partial charge in [-0.1, -0.05) is 12.1 Å². The van der Waals surface area contributed by atoms with Crippen molar-refractivity contribution in [2.24, 2.45) is 0 Å². The number of fused-ring (bicyclic) bond motifs is 1. The number of anilines is 2. The Bertz CT molecular complexity index is 1030. The van der Waals surface area contributed by atoms with E-state index in [0.29, 0.717) is 5.69 Å². The molecule has 1 aliphatic heterocycles. The minimum absolute atomic E-state index is 0. The van der Waals surface area contributed by atoms with Crippen LogP contribution in [0.3, 0.4) is 0 Å². The van der Waals surface area contributed by atoms with Crippen LogP contribution in [-0.4, -0.2) is 41.2 Å². The lowest BCUT2D eigenvalue weighted by molar-refractivity contribution is -0.122. The number of nitrogens with one attached hydrogen (secondary N) is 2. The summed E-state index contributed by atoms with van der Waals surface area (Å²) in [5.74, 6) is 0. The Hall–Kier alpha value is -2.94. The fourth-order valence-electron chi connectivity index (χ4n) is 3.47. The monoisotopic (exact) mass is 439 g/mol. The molecule has 3 aromatic rings. The minimum Gasteiger partial charge on any atom is -0.371 e. The fourth-order valence-corrected chi connectivity index (χ4v) is 3.47. The molecule has 0 aliphatic carbocycles. The van der Waals surface area contributed by atoms with Crippen LogP contribution in [0.1, 0.15) is 12.8 Å². The van der Waals surface area contributed by atoms with Crippen molar-refractivity contribution >= 4 is 35.5 Å². The molecule has 1 fully saturated rings. The van der Waals surface area contributed by atoms with Gasteiger partial charge in [0.15, 0.2) is 0 Å². The first-order valence-corrected chi connectivity index (χ1v) is 9.33. The normalized spacial score (nSPS) is 13.9. The smallest absolute Gasteiger partial charge is 0.371 e. The summed E-state index contributed by atoms with van der Waals surface area (Å²) in [6.45, 7) is 0.715. The maximum absolute atomic E-state index is 12.2. The minimum atomic E-state index is -4.45. The average molecular weight is 440 g/mol. The zero-order valence-electron chi connectivity index (χ0n) is 15.9. The summed E-state index contributed by atoms with van der Waals surface area (Å²) in [7, 11) is 0. The molecule has 2 N–H and O–H groups in total. The molecule has 3 heterocycles. The van der Waals surface area contributed by atoms with Gasteiger partial charge in [-0.25, -0.2) is 9.78 Å². The topological polar surface area (TPSA) is 61.7 Å².